The van der Waals surface area contributed by atoms with E-state index >= 15 is 0 Å². The molecule has 0 radical (unpaired) electrons. The Morgan fingerprint density at radius 2 is 2.12 bits per heavy atom. The molecule has 0 aliphatic rings. The van der Waals surface area contributed by atoms with Gasteiger partial charge in [-0.05, 0) is 12.1 Å². The second kappa shape index (κ2) is 4.56. The number of hydrogen-bond acceptors (Lipinski definition) is 5. The summed E-state index contributed by atoms with van der Waals surface area (Å²) in [6.07, 6.45) is 4.34. The number of carboxylic acids is 1. The van der Waals surface area contributed by atoms with Gasteiger partial charge in [0, 0.05) is 11.8 Å². The molecule has 0 saturated heterocycles. The highest BCUT2D eigenvalue weighted by Crippen LogP contribution is 2.20. The van der Waals surface area contributed by atoms with Crippen molar-refractivity contribution in [2.75, 3.05) is 7.11 Å². The zero-order chi connectivity index (χ0) is 12.3. The number of nitrogens with zero attached hydrogens (tertiary/aromatic N) is 3. The third-order valence-corrected chi connectivity index (χ3v) is 2.13. The lowest BCUT2D eigenvalue weighted by molar-refractivity contribution is 0.0690. The number of ether oxygens (including phenoxy) is 1. The van der Waals surface area contributed by atoms with E-state index in [1.807, 2.05) is 0 Å². The third-order valence-electron chi connectivity index (χ3n) is 2.13. The van der Waals surface area contributed by atoms with Gasteiger partial charge in [0.1, 0.15) is 12.1 Å². The highest BCUT2D eigenvalue weighted by atomic mass is 16.5. The highest BCUT2D eigenvalue weighted by Gasteiger charge is 2.08. The molecule has 0 fully saturated rings. The van der Waals surface area contributed by atoms with Crippen molar-refractivity contribution in [3.05, 3.63) is 36.5 Å². The highest BCUT2D eigenvalue weighted by molar-refractivity contribution is 5.86. The van der Waals surface area contributed by atoms with Crippen LogP contribution < -0.4 is 4.74 Å². The van der Waals surface area contributed by atoms with Crippen LogP contribution in [-0.2, 0) is 0 Å². The molecular weight excluding hydrogens is 222 g/mol. The Kier molecular flexibility index (Phi) is 2.95. The quantitative estimate of drug-likeness (QED) is 0.855. The van der Waals surface area contributed by atoms with Crippen molar-refractivity contribution in [3.8, 4) is 17.0 Å². The Labute approximate surface area is 96.9 Å². The van der Waals surface area contributed by atoms with Crippen LogP contribution in [0.2, 0.25) is 0 Å². The number of carbonyl (C=O) groups is 1. The van der Waals surface area contributed by atoms with Gasteiger partial charge in [0.2, 0.25) is 0 Å². The SMILES string of the molecule is COc1cncc(-c2cc(C(=O)O)ncn2)c1. The van der Waals surface area contributed by atoms with Gasteiger partial charge in [0.05, 0.1) is 19.0 Å². The van der Waals surface area contributed by atoms with E-state index in [0.717, 1.165) is 0 Å². The summed E-state index contributed by atoms with van der Waals surface area (Å²) in [6.45, 7) is 0. The third kappa shape index (κ3) is 2.36. The topological polar surface area (TPSA) is 85.2 Å². The van der Waals surface area contributed by atoms with Crippen LogP contribution in [0.3, 0.4) is 0 Å². The average molecular weight is 231 g/mol. The van der Waals surface area contributed by atoms with Crippen molar-refractivity contribution in [2.45, 2.75) is 0 Å². The molecule has 0 aromatic carbocycles. The fourth-order valence-electron chi connectivity index (χ4n) is 1.30. The summed E-state index contributed by atoms with van der Waals surface area (Å²) < 4.78 is 5.03. The number of aromatic nitrogens is 3. The number of pyridine rings is 1. The number of methoxy groups -OCH3 is 1. The van der Waals surface area contributed by atoms with E-state index in [0.29, 0.717) is 17.0 Å². The molecule has 0 unspecified atom stereocenters. The van der Waals surface area contributed by atoms with E-state index in [4.69, 9.17) is 9.84 Å². The van der Waals surface area contributed by atoms with E-state index < -0.39 is 5.97 Å². The Morgan fingerprint density at radius 3 is 2.82 bits per heavy atom. The van der Waals surface area contributed by atoms with Crippen LogP contribution >= 0.6 is 0 Å². The fraction of sp³-hybridized carbons (Fsp3) is 0.0909. The predicted molar refractivity (Wildman–Crippen MR) is 58.8 cm³/mol. The van der Waals surface area contributed by atoms with Gasteiger partial charge in [-0.3, -0.25) is 4.98 Å². The first-order valence-electron chi connectivity index (χ1n) is 4.75. The molecule has 2 aromatic rings. The minimum Gasteiger partial charge on any atom is -0.495 e. The van der Waals surface area contributed by atoms with Crippen LogP contribution in [0.25, 0.3) is 11.3 Å². The first kappa shape index (κ1) is 11.0. The molecule has 0 bridgehead atoms. The van der Waals surface area contributed by atoms with Gasteiger partial charge >= 0.3 is 5.97 Å². The van der Waals surface area contributed by atoms with E-state index in [2.05, 4.69) is 15.0 Å². The molecule has 0 amide bonds. The molecule has 17 heavy (non-hydrogen) atoms. The molecule has 0 aliphatic carbocycles. The van der Waals surface area contributed by atoms with Gasteiger partial charge in [-0.2, -0.15) is 0 Å². The maximum Gasteiger partial charge on any atom is 0.354 e. The van der Waals surface area contributed by atoms with Crippen molar-refractivity contribution < 1.29 is 14.6 Å². The molecule has 2 heterocycles. The van der Waals surface area contributed by atoms with E-state index in [9.17, 15) is 4.79 Å². The van der Waals surface area contributed by atoms with Crippen LogP contribution in [0.15, 0.2) is 30.9 Å². The lowest BCUT2D eigenvalue weighted by Gasteiger charge is -2.03. The maximum atomic E-state index is 10.8. The molecule has 0 spiro atoms. The number of carboxylic acid groups (broad SMARTS) is 1. The Bertz CT molecular complexity index is 557. The number of hydrogen-bond donors (Lipinski definition) is 1. The summed E-state index contributed by atoms with van der Waals surface area (Å²) in [6, 6.07) is 3.11. The minimum absolute atomic E-state index is 0.0576. The zero-order valence-electron chi connectivity index (χ0n) is 8.99. The van der Waals surface area contributed by atoms with E-state index in [1.165, 1.54) is 19.5 Å². The summed E-state index contributed by atoms with van der Waals surface area (Å²) in [5, 5.41) is 8.83. The van der Waals surface area contributed by atoms with Crippen molar-refractivity contribution in [1.29, 1.82) is 0 Å². The first-order chi connectivity index (χ1) is 8.20. The number of aromatic carboxylic acids is 1. The predicted octanol–water partition coefficient (Wildman–Crippen LogP) is 1.25. The van der Waals surface area contributed by atoms with E-state index in [1.54, 1.807) is 18.5 Å². The first-order valence-corrected chi connectivity index (χ1v) is 4.75. The lowest BCUT2D eigenvalue weighted by Crippen LogP contribution is -2.01. The average Bonchev–Trinajstić information content (AvgIpc) is 2.39. The molecular formula is C11H9N3O3. The van der Waals surface area contributed by atoms with Gasteiger partial charge < -0.3 is 9.84 Å². The van der Waals surface area contributed by atoms with Gasteiger partial charge in [-0.1, -0.05) is 0 Å². The molecule has 2 rings (SSSR count). The van der Waals surface area contributed by atoms with Crippen LogP contribution in [0.4, 0.5) is 0 Å². The molecule has 6 heteroatoms. The summed E-state index contributed by atoms with van der Waals surface area (Å²) in [5.41, 5.74) is 1.11. The summed E-state index contributed by atoms with van der Waals surface area (Å²) in [4.78, 5) is 22.4. The molecule has 6 nitrogen and oxygen atoms in total. The summed E-state index contributed by atoms with van der Waals surface area (Å²) in [7, 11) is 1.53. The van der Waals surface area contributed by atoms with Gasteiger partial charge in [-0.25, -0.2) is 14.8 Å². The van der Waals surface area contributed by atoms with Crippen LogP contribution in [0.1, 0.15) is 10.5 Å². The normalized spacial score (nSPS) is 9.94. The lowest BCUT2D eigenvalue weighted by atomic mass is 10.2. The minimum atomic E-state index is -1.09. The maximum absolute atomic E-state index is 10.8. The zero-order valence-corrected chi connectivity index (χ0v) is 8.99. The van der Waals surface area contributed by atoms with Gasteiger partial charge in [0.25, 0.3) is 0 Å². The Hall–Kier alpha value is -2.50. The van der Waals surface area contributed by atoms with Gasteiger partial charge in [0.15, 0.2) is 5.69 Å². The Balaban J connectivity index is 2.45. The van der Waals surface area contributed by atoms with Crippen LogP contribution in [0, 0.1) is 0 Å². The van der Waals surface area contributed by atoms with Crippen molar-refractivity contribution in [3.63, 3.8) is 0 Å². The summed E-state index contributed by atoms with van der Waals surface area (Å²) in [5.74, 6) is -0.512. The van der Waals surface area contributed by atoms with Crippen molar-refractivity contribution in [2.24, 2.45) is 0 Å². The van der Waals surface area contributed by atoms with Crippen LogP contribution in [0.5, 0.6) is 5.75 Å². The summed E-state index contributed by atoms with van der Waals surface area (Å²) >= 11 is 0. The van der Waals surface area contributed by atoms with Crippen molar-refractivity contribution >= 4 is 5.97 Å². The molecule has 0 atom stereocenters. The fourth-order valence-corrected chi connectivity index (χ4v) is 1.30. The monoisotopic (exact) mass is 231 g/mol. The smallest absolute Gasteiger partial charge is 0.354 e. The second-order valence-electron chi connectivity index (χ2n) is 3.21. The molecule has 2 aromatic heterocycles. The molecule has 0 saturated carbocycles. The standard InChI is InChI=1S/C11H9N3O3/c1-17-8-2-7(4-12-5-8)9-3-10(11(15)16)14-6-13-9/h2-6H,1H3,(H,15,16). The molecule has 86 valence electrons. The van der Waals surface area contributed by atoms with E-state index in [-0.39, 0.29) is 5.69 Å². The van der Waals surface area contributed by atoms with Gasteiger partial charge in [-0.15, -0.1) is 0 Å². The molecule has 0 aliphatic heterocycles. The largest absolute Gasteiger partial charge is 0.495 e. The Morgan fingerprint density at radius 1 is 1.29 bits per heavy atom. The number of rotatable bonds is 3. The second-order valence-corrected chi connectivity index (χ2v) is 3.21. The van der Waals surface area contributed by atoms with Crippen molar-refractivity contribution in [1.82, 2.24) is 15.0 Å². The van der Waals surface area contributed by atoms with Crippen LogP contribution in [-0.4, -0.2) is 33.1 Å². The molecule has 1 N–H and O–H groups in total.